The maximum absolute atomic E-state index is 13.6. The number of ketones is 1. The first kappa shape index (κ1) is 26.2. The molecule has 5 rings (SSSR count). The Bertz CT molecular complexity index is 1590. The van der Waals surface area contributed by atoms with Crippen LogP contribution < -0.4 is 19.1 Å². The molecule has 9 heteroatoms. The van der Waals surface area contributed by atoms with Crippen molar-refractivity contribution in [3.63, 3.8) is 0 Å². The number of ether oxygens (including phenoxy) is 3. The summed E-state index contributed by atoms with van der Waals surface area (Å²) in [5, 5.41) is 11.8. The van der Waals surface area contributed by atoms with E-state index in [9.17, 15) is 14.7 Å². The van der Waals surface area contributed by atoms with E-state index in [1.807, 2.05) is 25.1 Å². The lowest BCUT2D eigenvalue weighted by Gasteiger charge is -2.25. The summed E-state index contributed by atoms with van der Waals surface area (Å²) in [6, 6.07) is 16.9. The van der Waals surface area contributed by atoms with Gasteiger partial charge < -0.3 is 19.3 Å². The highest BCUT2D eigenvalue weighted by molar-refractivity contribution is 7.22. The molecule has 0 saturated carbocycles. The highest BCUT2D eigenvalue weighted by Crippen LogP contribution is 2.48. The Kier molecular flexibility index (Phi) is 7.26. The molecule has 1 aliphatic rings. The summed E-state index contributed by atoms with van der Waals surface area (Å²) in [6.45, 7) is 4.44. The number of rotatable bonds is 8. The third-order valence-electron chi connectivity index (χ3n) is 6.67. The van der Waals surface area contributed by atoms with Gasteiger partial charge in [0.25, 0.3) is 5.78 Å². The standard InChI is InChI=1S/C30H28N2O6S/c1-5-17-10-15-21-23(16-17)39-30(31-21)32-25(20-8-7-9-22(36-3)28(20)37-4)24(27(34)29(32)35)26(33)18-11-13-19(14-12-18)38-6-2/h7-16,25,33H,5-6H2,1-4H3/b26-24+. The Balaban J connectivity index is 1.74. The number of aliphatic hydroxyl groups is 1. The maximum atomic E-state index is 13.6. The van der Waals surface area contributed by atoms with E-state index in [1.165, 1.54) is 30.5 Å². The normalized spacial score (nSPS) is 16.6. The van der Waals surface area contributed by atoms with Crippen LogP contribution in [-0.2, 0) is 16.0 Å². The number of carbonyl (C=O) groups is 2. The van der Waals surface area contributed by atoms with Crippen molar-refractivity contribution < 1.29 is 28.9 Å². The van der Waals surface area contributed by atoms with Crippen molar-refractivity contribution in [1.29, 1.82) is 0 Å². The van der Waals surface area contributed by atoms with Gasteiger partial charge in [0, 0.05) is 11.1 Å². The molecule has 39 heavy (non-hydrogen) atoms. The van der Waals surface area contributed by atoms with Crippen molar-refractivity contribution in [2.24, 2.45) is 0 Å². The number of aliphatic hydroxyl groups excluding tert-OH is 1. The molecule has 1 N–H and O–H groups in total. The van der Waals surface area contributed by atoms with Crippen molar-refractivity contribution in [1.82, 2.24) is 4.98 Å². The lowest BCUT2D eigenvalue weighted by molar-refractivity contribution is -0.132. The van der Waals surface area contributed by atoms with Gasteiger partial charge in [0.1, 0.15) is 17.6 Å². The van der Waals surface area contributed by atoms with Crippen LogP contribution in [0.4, 0.5) is 5.13 Å². The van der Waals surface area contributed by atoms with Crippen molar-refractivity contribution in [3.8, 4) is 17.2 Å². The molecule has 1 aliphatic heterocycles. The average molecular weight is 545 g/mol. The van der Waals surface area contributed by atoms with Crippen LogP contribution in [0.15, 0.2) is 66.2 Å². The molecule has 1 amide bonds. The van der Waals surface area contributed by atoms with Crippen molar-refractivity contribution in [3.05, 3.63) is 82.9 Å². The summed E-state index contributed by atoms with van der Waals surface area (Å²) in [5.41, 5.74) is 2.65. The number of nitrogens with zero attached hydrogens (tertiary/aromatic N) is 2. The quantitative estimate of drug-likeness (QED) is 0.168. The Labute approximate surface area is 230 Å². The number of aromatic nitrogens is 1. The second-order valence-electron chi connectivity index (χ2n) is 8.86. The molecule has 0 radical (unpaired) electrons. The fourth-order valence-electron chi connectivity index (χ4n) is 4.76. The zero-order valence-electron chi connectivity index (χ0n) is 22.1. The number of methoxy groups -OCH3 is 2. The molecular weight excluding hydrogens is 516 g/mol. The van der Waals surface area contributed by atoms with Crippen LogP contribution in [0.1, 0.15) is 36.6 Å². The van der Waals surface area contributed by atoms with Gasteiger partial charge in [0.2, 0.25) is 0 Å². The second-order valence-corrected chi connectivity index (χ2v) is 9.87. The number of hydrogen-bond donors (Lipinski definition) is 1. The molecule has 1 fully saturated rings. The van der Waals surface area contributed by atoms with E-state index < -0.39 is 17.7 Å². The SMILES string of the molecule is CCOc1ccc(/C(O)=C2\C(=O)C(=O)N(c3nc4ccc(CC)cc4s3)C2c2cccc(OC)c2OC)cc1. The van der Waals surface area contributed by atoms with Crippen molar-refractivity contribution in [2.75, 3.05) is 25.7 Å². The van der Waals surface area contributed by atoms with Crippen LogP contribution in [-0.4, -0.2) is 42.6 Å². The van der Waals surface area contributed by atoms with Gasteiger partial charge in [0.05, 0.1) is 36.6 Å². The summed E-state index contributed by atoms with van der Waals surface area (Å²) < 4.78 is 17.6. The molecule has 1 saturated heterocycles. The number of carbonyl (C=O) groups excluding carboxylic acids is 2. The zero-order chi connectivity index (χ0) is 27.7. The van der Waals surface area contributed by atoms with Gasteiger partial charge in [-0.2, -0.15) is 0 Å². The summed E-state index contributed by atoms with van der Waals surface area (Å²) in [5.74, 6) is -0.496. The fraction of sp³-hybridized carbons (Fsp3) is 0.233. The number of amides is 1. The number of anilines is 1. The first-order valence-electron chi connectivity index (χ1n) is 12.6. The van der Waals surface area contributed by atoms with E-state index in [0.717, 1.165) is 22.2 Å². The van der Waals surface area contributed by atoms with E-state index >= 15 is 0 Å². The van der Waals surface area contributed by atoms with Crippen LogP contribution in [0.3, 0.4) is 0 Å². The molecule has 0 spiro atoms. The molecule has 0 bridgehead atoms. The van der Waals surface area contributed by atoms with Gasteiger partial charge in [-0.05, 0) is 61.4 Å². The summed E-state index contributed by atoms with van der Waals surface area (Å²) in [4.78, 5) is 33.3. The van der Waals surface area contributed by atoms with Gasteiger partial charge in [-0.25, -0.2) is 4.98 Å². The largest absolute Gasteiger partial charge is 0.507 e. The zero-order valence-corrected chi connectivity index (χ0v) is 22.9. The predicted molar refractivity (Wildman–Crippen MR) is 151 cm³/mol. The summed E-state index contributed by atoms with van der Waals surface area (Å²) in [6.07, 6.45) is 0.858. The molecule has 200 valence electrons. The maximum Gasteiger partial charge on any atom is 0.301 e. The monoisotopic (exact) mass is 544 g/mol. The van der Waals surface area contributed by atoms with Gasteiger partial charge in [-0.3, -0.25) is 14.5 Å². The van der Waals surface area contributed by atoms with Crippen LogP contribution >= 0.6 is 11.3 Å². The van der Waals surface area contributed by atoms with E-state index in [2.05, 4.69) is 6.92 Å². The Morgan fingerprint density at radius 2 is 1.79 bits per heavy atom. The van der Waals surface area contributed by atoms with E-state index in [0.29, 0.717) is 40.1 Å². The molecule has 2 heterocycles. The highest BCUT2D eigenvalue weighted by Gasteiger charge is 2.49. The molecule has 3 aromatic carbocycles. The van der Waals surface area contributed by atoms with Crippen LogP contribution in [0.2, 0.25) is 0 Å². The number of fused-ring (bicyclic) bond motifs is 1. The van der Waals surface area contributed by atoms with Crippen LogP contribution in [0, 0.1) is 0 Å². The predicted octanol–water partition coefficient (Wildman–Crippen LogP) is 5.90. The number of aryl methyl sites for hydroxylation is 1. The third-order valence-corrected chi connectivity index (χ3v) is 7.68. The summed E-state index contributed by atoms with van der Waals surface area (Å²) >= 11 is 1.32. The summed E-state index contributed by atoms with van der Waals surface area (Å²) in [7, 11) is 3.00. The average Bonchev–Trinajstić information content (AvgIpc) is 3.49. The van der Waals surface area contributed by atoms with Crippen LogP contribution in [0.5, 0.6) is 17.2 Å². The fourth-order valence-corrected chi connectivity index (χ4v) is 5.82. The molecular formula is C30H28N2O6S. The number of benzene rings is 3. The first-order chi connectivity index (χ1) is 18.9. The molecule has 0 aliphatic carbocycles. The Hall–Kier alpha value is -4.37. The van der Waals surface area contributed by atoms with Gasteiger partial charge >= 0.3 is 5.91 Å². The van der Waals surface area contributed by atoms with Gasteiger partial charge in [0.15, 0.2) is 16.6 Å². The number of Topliss-reactive ketones (excluding diaryl/α,β-unsaturated/α-hetero) is 1. The Morgan fingerprint density at radius 3 is 2.46 bits per heavy atom. The molecule has 1 unspecified atom stereocenters. The smallest absolute Gasteiger partial charge is 0.301 e. The van der Waals surface area contributed by atoms with E-state index in [4.69, 9.17) is 19.2 Å². The molecule has 1 atom stereocenters. The van der Waals surface area contributed by atoms with Crippen molar-refractivity contribution in [2.45, 2.75) is 26.3 Å². The molecule has 1 aromatic heterocycles. The number of para-hydroxylation sites is 1. The highest BCUT2D eigenvalue weighted by atomic mass is 32.1. The van der Waals surface area contributed by atoms with Crippen LogP contribution in [0.25, 0.3) is 16.0 Å². The lowest BCUT2D eigenvalue weighted by atomic mass is 9.94. The Morgan fingerprint density at radius 1 is 1.03 bits per heavy atom. The number of thiazole rings is 1. The van der Waals surface area contributed by atoms with E-state index in [-0.39, 0.29) is 11.3 Å². The first-order valence-corrected chi connectivity index (χ1v) is 13.4. The van der Waals surface area contributed by atoms with Crippen molar-refractivity contribution >= 4 is 44.1 Å². The minimum Gasteiger partial charge on any atom is -0.507 e. The van der Waals surface area contributed by atoms with E-state index in [1.54, 1.807) is 42.5 Å². The number of hydrogen-bond acceptors (Lipinski definition) is 8. The van der Waals surface area contributed by atoms with Gasteiger partial charge in [-0.15, -0.1) is 0 Å². The minimum absolute atomic E-state index is 0.0655. The molecule has 4 aromatic rings. The van der Waals surface area contributed by atoms with Gasteiger partial charge in [-0.1, -0.05) is 36.5 Å². The second kappa shape index (κ2) is 10.8. The minimum atomic E-state index is -1.01. The topological polar surface area (TPSA) is 98.2 Å². The molecule has 8 nitrogen and oxygen atoms in total. The third kappa shape index (κ3) is 4.59. The lowest BCUT2D eigenvalue weighted by Crippen LogP contribution is -2.29.